The van der Waals surface area contributed by atoms with E-state index < -0.39 is 11.7 Å². The number of nitrogens with one attached hydrogen (secondary N) is 1. The number of nitrogens with zero attached hydrogens (tertiary/aromatic N) is 2. The third-order valence-electron chi connectivity index (χ3n) is 4.61. The van der Waals surface area contributed by atoms with Gasteiger partial charge in [0.05, 0.1) is 23.9 Å². The number of urea groups is 1. The summed E-state index contributed by atoms with van der Waals surface area (Å²) in [7, 11) is 0. The Kier molecular flexibility index (Phi) is 4.35. The molecule has 0 saturated carbocycles. The van der Waals surface area contributed by atoms with E-state index in [0.29, 0.717) is 44.8 Å². The van der Waals surface area contributed by atoms with Crippen molar-refractivity contribution in [3.8, 4) is 0 Å². The molecule has 2 aliphatic rings. The van der Waals surface area contributed by atoms with Crippen molar-refractivity contribution in [1.29, 1.82) is 0 Å². The molecule has 1 aromatic rings. The van der Waals surface area contributed by atoms with Crippen LogP contribution in [0, 0.1) is 6.92 Å². The van der Waals surface area contributed by atoms with Gasteiger partial charge in [0.15, 0.2) is 5.76 Å². The summed E-state index contributed by atoms with van der Waals surface area (Å²) >= 11 is 0. The highest BCUT2D eigenvalue weighted by Gasteiger charge is 2.44. The van der Waals surface area contributed by atoms with Crippen molar-refractivity contribution in [3.05, 3.63) is 17.5 Å². The number of carbonyl (C=O) groups excluding carboxylic acids is 1. The van der Waals surface area contributed by atoms with Crippen LogP contribution in [0.2, 0.25) is 0 Å². The third kappa shape index (κ3) is 3.10. The highest BCUT2D eigenvalue weighted by molar-refractivity contribution is 5.74. The van der Waals surface area contributed by atoms with Gasteiger partial charge < -0.3 is 24.6 Å². The van der Waals surface area contributed by atoms with Crippen molar-refractivity contribution in [1.82, 2.24) is 15.4 Å². The van der Waals surface area contributed by atoms with Crippen molar-refractivity contribution in [2.75, 3.05) is 19.7 Å². The van der Waals surface area contributed by atoms with E-state index in [1.54, 1.807) is 11.0 Å². The average Bonchev–Trinajstić information content (AvgIpc) is 2.94. The van der Waals surface area contributed by atoms with E-state index in [-0.39, 0.29) is 6.03 Å². The van der Waals surface area contributed by atoms with E-state index in [0.717, 1.165) is 18.5 Å². The Hall–Kier alpha value is -1.60. The second-order valence-corrected chi connectivity index (χ2v) is 6.15. The molecular formula is C15H23N3O4. The van der Waals surface area contributed by atoms with Crippen LogP contribution in [0.15, 0.2) is 10.6 Å². The van der Waals surface area contributed by atoms with Crippen LogP contribution in [0.1, 0.15) is 37.1 Å². The summed E-state index contributed by atoms with van der Waals surface area (Å²) in [6.45, 7) is 4.07. The molecule has 7 heteroatoms. The highest BCUT2D eigenvalue weighted by atomic mass is 16.5. The van der Waals surface area contributed by atoms with Crippen LogP contribution in [0.3, 0.4) is 0 Å². The molecule has 0 bridgehead atoms. The lowest BCUT2D eigenvalue weighted by molar-refractivity contribution is -0.173. The number of hydrogen-bond donors (Lipinski definition) is 2. The van der Waals surface area contributed by atoms with Gasteiger partial charge in [0.2, 0.25) is 0 Å². The number of likely N-dealkylation sites (tertiary alicyclic amines) is 1. The second-order valence-electron chi connectivity index (χ2n) is 6.15. The van der Waals surface area contributed by atoms with Gasteiger partial charge in [-0.2, -0.15) is 0 Å². The van der Waals surface area contributed by atoms with E-state index in [1.165, 1.54) is 0 Å². The maximum Gasteiger partial charge on any atom is 0.317 e. The molecule has 2 amide bonds. The number of aromatic nitrogens is 1. The number of rotatable bonds is 2. The fourth-order valence-corrected chi connectivity index (χ4v) is 3.25. The van der Waals surface area contributed by atoms with E-state index in [4.69, 9.17) is 9.26 Å². The summed E-state index contributed by atoms with van der Waals surface area (Å²) < 4.78 is 10.9. The van der Waals surface area contributed by atoms with Gasteiger partial charge in [-0.25, -0.2) is 4.79 Å². The van der Waals surface area contributed by atoms with E-state index in [9.17, 15) is 9.90 Å². The maximum absolute atomic E-state index is 12.2. The van der Waals surface area contributed by atoms with Gasteiger partial charge in [-0.1, -0.05) is 5.16 Å². The fraction of sp³-hybridized carbons (Fsp3) is 0.733. The molecule has 2 aliphatic heterocycles. The van der Waals surface area contributed by atoms with Crippen molar-refractivity contribution in [2.45, 2.75) is 50.9 Å². The minimum atomic E-state index is -0.447. The Balaban J connectivity index is 1.49. The second kappa shape index (κ2) is 6.26. The maximum atomic E-state index is 12.2. The van der Waals surface area contributed by atoms with Crippen molar-refractivity contribution in [2.24, 2.45) is 0 Å². The highest BCUT2D eigenvalue weighted by Crippen LogP contribution is 2.35. The molecule has 3 heterocycles. The van der Waals surface area contributed by atoms with Crippen LogP contribution in [-0.4, -0.2) is 52.6 Å². The molecule has 2 saturated heterocycles. The Morgan fingerprint density at radius 3 is 2.95 bits per heavy atom. The molecule has 1 spiro atoms. The van der Waals surface area contributed by atoms with Crippen LogP contribution < -0.4 is 5.32 Å². The molecule has 2 N–H and O–H groups in total. The van der Waals surface area contributed by atoms with E-state index >= 15 is 0 Å². The summed E-state index contributed by atoms with van der Waals surface area (Å²) in [5.74, 6) is 0.644. The van der Waals surface area contributed by atoms with Crippen molar-refractivity contribution in [3.63, 3.8) is 0 Å². The quantitative estimate of drug-likeness (QED) is 0.857. The molecular weight excluding hydrogens is 286 g/mol. The number of carbonyl (C=O) groups is 1. The summed E-state index contributed by atoms with van der Waals surface area (Å²) in [4.78, 5) is 13.9. The van der Waals surface area contributed by atoms with E-state index in [1.807, 2.05) is 6.92 Å². The zero-order valence-corrected chi connectivity index (χ0v) is 12.9. The molecule has 0 radical (unpaired) electrons. The van der Waals surface area contributed by atoms with Crippen molar-refractivity contribution >= 4 is 6.03 Å². The number of aliphatic hydroxyl groups is 1. The van der Waals surface area contributed by atoms with E-state index in [2.05, 4.69) is 10.5 Å². The first-order valence-corrected chi connectivity index (χ1v) is 7.86. The largest absolute Gasteiger partial charge is 0.390 e. The Labute approximate surface area is 129 Å². The third-order valence-corrected chi connectivity index (χ3v) is 4.61. The average molecular weight is 309 g/mol. The number of ether oxygens (including phenoxy) is 1. The number of amides is 2. The summed E-state index contributed by atoms with van der Waals surface area (Å²) in [5, 5.41) is 16.8. The van der Waals surface area contributed by atoms with Gasteiger partial charge in [0.1, 0.15) is 0 Å². The minimum Gasteiger partial charge on any atom is -0.390 e. The van der Waals surface area contributed by atoms with Gasteiger partial charge in [-0.3, -0.25) is 0 Å². The minimum absolute atomic E-state index is 0.116. The number of hydrogen-bond acceptors (Lipinski definition) is 5. The number of aliphatic hydroxyl groups excluding tert-OH is 1. The Morgan fingerprint density at radius 1 is 1.55 bits per heavy atom. The SMILES string of the molecule is Cc1cc(CNC(=O)N2CCC3(CC2)OCCC[C@@H]3O)on1. The van der Waals surface area contributed by atoms with Crippen LogP contribution in [-0.2, 0) is 11.3 Å². The molecule has 7 nitrogen and oxygen atoms in total. The normalized spacial score (nSPS) is 24.5. The smallest absolute Gasteiger partial charge is 0.317 e. The monoisotopic (exact) mass is 309 g/mol. The van der Waals surface area contributed by atoms with Crippen LogP contribution in [0.4, 0.5) is 4.79 Å². The zero-order chi connectivity index (χ0) is 15.6. The predicted octanol–water partition coefficient (Wildman–Crippen LogP) is 1.20. The number of aryl methyl sites for hydroxylation is 1. The fourth-order valence-electron chi connectivity index (χ4n) is 3.25. The first-order valence-electron chi connectivity index (χ1n) is 7.86. The molecule has 122 valence electrons. The van der Waals surface area contributed by atoms with Gasteiger partial charge in [0.25, 0.3) is 0 Å². The standard InChI is InChI=1S/C15H23N3O4/c1-11-9-12(22-17-11)10-16-14(20)18-6-4-15(5-7-18)13(19)3-2-8-21-15/h9,13,19H,2-8,10H2,1H3,(H,16,20)/t13-/m0/s1. The lowest BCUT2D eigenvalue weighted by Crippen LogP contribution is -2.57. The molecule has 3 rings (SSSR count). The van der Waals surface area contributed by atoms with Crippen LogP contribution in [0.25, 0.3) is 0 Å². The van der Waals surface area contributed by atoms with Crippen LogP contribution in [0.5, 0.6) is 0 Å². The molecule has 0 aromatic carbocycles. The van der Waals surface area contributed by atoms with Gasteiger partial charge in [-0.15, -0.1) is 0 Å². The molecule has 0 aliphatic carbocycles. The summed E-state index contributed by atoms with van der Waals surface area (Å²) in [6, 6.07) is 1.69. The summed E-state index contributed by atoms with van der Waals surface area (Å²) in [6.07, 6.45) is 2.65. The molecule has 0 unspecified atom stereocenters. The topological polar surface area (TPSA) is 87.8 Å². The van der Waals surface area contributed by atoms with Crippen LogP contribution >= 0.6 is 0 Å². The molecule has 2 fully saturated rings. The molecule has 22 heavy (non-hydrogen) atoms. The van der Waals surface area contributed by atoms with Gasteiger partial charge >= 0.3 is 6.03 Å². The zero-order valence-electron chi connectivity index (χ0n) is 12.9. The first kappa shape index (κ1) is 15.3. The van der Waals surface area contributed by atoms with Gasteiger partial charge in [-0.05, 0) is 32.6 Å². The Bertz CT molecular complexity index is 523. The lowest BCUT2D eigenvalue weighted by Gasteiger charge is -2.46. The van der Waals surface area contributed by atoms with Gasteiger partial charge in [0, 0.05) is 25.8 Å². The molecule has 1 atom stereocenters. The first-order chi connectivity index (χ1) is 10.6. The lowest BCUT2D eigenvalue weighted by atomic mass is 9.82. The summed E-state index contributed by atoms with van der Waals surface area (Å²) in [5.41, 5.74) is 0.351. The predicted molar refractivity (Wildman–Crippen MR) is 78.2 cm³/mol. The number of piperidine rings is 1. The van der Waals surface area contributed by atoms with Crippen molar-refractivity contribution < 1.29 is 19.2 Å². The Morgan fingerprint density at radius 2 is 2.32 bits per heavy atom. The molecule has 1 aromatic heterocycles.